The van der Waals surface area contributed by atoms with Crippen molar-refractivity contribution in [1.82, 2.24) is 4.90 Å². The first-order chi connectivity index (χ1) is 10.1. The number of nitrogens with two attached hydrogens (primary N) is 1. The molecule has 0 radical (unpaired) electrons. The van der Waals surface area contributed by atoms with Crippen LogP contribution in [0.2, 0.25) is 0 Å². The van der Waals surface area contributed by atoms with Crippen molar-refractivity contribution < 1.29 is 9.59 Å². The molecule has 114 valence electrons. The Morgan fingerprint density at radius 3 is 2.48 bits per heavy atom. The van der Waals surface area contributed by atoms with Crippen molar-refractivity contribution in [1.29, 1.82) is 0 Å². The number of piperidine rings is 1. The van der Waals surface area contributed by atoms with E-state index in [1.807, 2.05) is 30.0 Å². The van der Waals surface area contributed by atoms with Gasteiger partial charge in [0.25, 0.3) is 0 Å². The zero-order chi connectivity index (χ0) is 15.2. The van der Waals surface area contributed by atoms with E-state index in [1.54, 1.807) is 11.8 Å². The summed E-state index contributed by atoms with van der Waals surface area (Å²) in [5.74, 6) is 0.694. The second-order valence-corrected chi connectivity index (χ2v) is 6.77. The molecule has 0 unspecified atom stereocenters. The van der Waals surface area contributed by atoms with Crippen LogP contribution in [0.3, 0.4) is 0 Å². The van der Waals surface area contributed by atoms with E-state index in [0.29, 0.717) is 25.9 Å². The molecule has 1 aromatic carbocycles. The van der Waals surface area contributed by atoms with Gasteiger partial charge >= 0.3 is 0 Å². The molecular weight excluding hydrogens is 284 g/mol. The Morgan fingerprint density at radius 1 is 1.29 bits per heavy atom. The van der Waals surface area contributed by atoms with Crippen molar-refractivity contribution >= 4 is 23.6 Å². The first-order valence-corrected chi connectivity index (χ1v) is 8.36. The molecule has 1 heterocycles. The predicted octanol–water partition coefficient (Wildman–Crippen LogP) is 2.03. The molecule has 0 aromatic heterocycles. The van der Waals surface area contributed by atoms with Gasteiger partial charge < -0.3 is 10.6 Å². The van der Waals surface area contributed by atoms with Gasteiger partial charge in [-0.15, -0.1) is 11.8 Å². The number of hydrogen-bond donors (Lipinski definition) is 1. The molecule has 2 rings (SSSR count). The lowest BCUT2D eigenvalue weighted by molar-refractivity contribution is -0.134. The van der Waals surface area contributed by atoms with Crippen molar-refractivity contribution in [3.63, 3.8) is 0 Å². The summed E-state index contributed by atoms with van der Waals surface area (Å²) < 4.78 is 0. The van der Waals surface area contributed by atoms with Gasteiger partial charge in [0.15, 0.2) is 0 Å². The minimum Gasteiger partial charge on any atom is -0.369 e. The Bertz CT molecular complexity index is 484. The van der Waals surface area contributed by atoms with Crippen LogP contribution >= 0.6 is 11.8 Å². The molecular formula is C16H22N2O2S. The summed E-state index contributed by atoms with van der Waals surface area (Å²) in [7, 11) is 0. The fourth-order valence-corrected chi connectivity index (χ4v) is 3.43. The summed E-state index contributed by atoms with van der Waals surface area (Å²) in [4.78, 5) is 25.4. The van der Waals surface area contributed by atoms with Crippen LogP contribution in [-0.2, 0) is 15.3 Å². The van der Waals surface area contributed by atoms with E-state index in [-0.39, 0.29) is 23.0 Å². The van der Waals surface area contributed by atoms with Crippen molar-refractivity contribution in [2.24, 2.45) is 11.7 Å². The second kappa shape index (κ2) is 7.50. The van der Waals surface area contributed by atoms with E-state index in [2.05, 4.69) is 12.1 Å². The van der Waals surface area contributed by atoms with Gasteiger partial charge in [-0.25, -0.2) is 0 Å². The van der Waals surface area contributed by atoms with Gasteiger partial charge in [-0.2, -0.15) is 0 Å². The number of rotatable bonds is 5. The zero-order valence-electron chi connectivity index (χ0n) is 12.3. The normalized spacial score (nSPS) is 17.5. The largest absolute Gasteiger partial charge is 0.369 e. The lowest BCUT2D eigenvalue weighted by atomic mass is 9.96. The zero-order valence-corrected chi connectivity index (χ0v) is 13.1. The number of primary amides is 1. The fraction of sp³-hybridized carbons (Fsp3) is 0.500. The SMILES string of the molecule is C[C@H](SCc1ccccc1)C(=O)N1CCC(C(N)=O)CC1. The minimum absolute atomic E-state index is 0.0599. The Balaban J connectivity index is 1.79. The fourth-order valence-electron chi connectivity index (χ4n) is 2.51. The summed E-state index contributed by atoms with van der Waals surface area (Å²) in [5.41, 5.74) is 6.55. The highest BCUT2D eigenvalue weighted by Crippen LogP contribution is 2.22. The van der Waals surface area contributed by atoms with Gasteiger partial charge in [0, 0.05) is 24.8 Å². The van der Waals surface area contributed by atoms with Crippen LogP contribution < -0.4 is 5.73 Å². The van der Waals surface area contributed by atoms with E-state index in [9.17, 15) is 9.59 Å². The van der Waals surface area contributed by atoms with Crippen LogP contribution in [0.15, 0.2) is 30.3 Å². The minimum atomic E-state index is -0.242. The van der Waals surface area contributed by atoms with Gasteiger partial charge in [-0.3, -0.25) is 9.59 Å². The third kappa shape index (κ3) is 4.49. The molecule has 0 spiro atoms. The van der Waals surface area contributed by atoms with E-state index < -0.39 is 0 Å². The molecule has 1 aliphatic heterocycles. The first kappa shape index (κ1) is 15.9. The van der Waals surface area contributed by atoms with Crippen molar-refractivity contribution in [3.8, 4) is 0 Å². The maximum absolute atomic E-state index is 12.4. The van der Waals surface area contributed by atoms with E-state index >= 15 is 0 Å². The van der Waals surface area contributed by atoms with Gasteiger partial charge in [0.2, 0.25) is 11.8 Å². The quantitative estimate of drug-likeness (QED) is 0.905. The number of nitrogens with zero attached hydrogens (tertiary/aromatic N) is 1. The topological polar surface area (TPSA) is 63.4 Å². The standard InChI is InChI=1S/C16H22N2O2S/c1-12(21-11-13-5-3-2-4-6-13)16(20)18-9-7-14(8-10-18)15(17)19/h2-6,12,14H,7-11H2,1H3,(H2,17,19)/t12-/m0/s1. The molecule has 0 aliphatic carbocycles. The number of thioether (sulfide) groups is 1. The summed E-state index contributed by atoms with van der Waals surface area (Å²) >= 11 is 1.66. The highest BCUT2D eigenvalue weighted by Gasteiger charge is 2.28. The molecule has 1 fully saturated rings. The van der Waals surface area contributed by atoms with Crippen LogP contribution in [0.5, 0.6) is 0 Å². The highest BCUT2D eigenvalue weighted by atomic mass is 32.2. The molecule has 4 nitrogen and oxygen atoms in total. The van der Waals surface area contributed by atoms with Gasteiger partial charge in [0.05, 0.1) is 5.25 Å². The number of hydrogen-bond acceptors (Lipinski definition) is 3. The number of amides is 2. The Kier molecular flexibility index (Phi) is 5.67. The molecule has 1 saturated heterocycles. The number of likely N-dealkylation sites (tertiary alicyclic amines) is 1. The molecule has 1 atom stereocenters. The van der Waals surface area contributed by atoms with Crippen molar-refractivity contribution in [2.75, 3.05) is 13.1 Å². The maximum atomic E-state index is 12.4. The number of carbonyl (C=O) groups excluding carboxylic acids is 2. The van der Waals surface area contributed by atoms with Gasteiger partial charge in [0.1, 0.15) is 0 Å². The van der Waals surface area contributed by atoms with E-state index in [4.69, 9.17) is 5.73 Å². The molecule has 2 N–H and O–H groups in total. The summed E-state index contributed by atoms with van der Waals surface area (Å²) in [6.07, 6.45) is 1.38. The Hall–Kier alpha value is -1.49. The predicted molar refractivity (Wildman–Crippen MR) is 85.7 cm³/mol. The van der Waals surface area contributed by atoms with Crippen LogP contribution in [-0.4, -0.2) is 35.1 Å². The van der Waals surface area contributed by atoms with E-state index in [1.165, 1.54) is 5.56 Å². The molecule has 0 saturated carbocycles. The van der Waals surface area contributed by atoms with Gasteiger partial charge in [-0.05, 0) is 25.3 Å². The average molecular weight is 306 g/mol. The third-order valence-corrected chi connectivity index (χ3v) is 5.10. The number of carbonyl (C=O) groups is 2. The lowest BCUT2D eigenvalue weighted by Crippen LogP contribution is -2.44. The summed E-state index contributed by atoms with van der Waals surface area (Å²) in [6, 6.07) is 10.2. The molecule has 2 amide bonds. The monoisotopic (exact) mass is 306 g/mol. The molecule has 5 heteroatoms. The lowest BCUT2D eigenvalue weighted by Gasteiger charge is -2.32. The Morgan fingerprint density at radius 2 is 1.90 bits per heavy atom. The molecule has 1 aliphatic rings. The summed E-state index contributed by atoms with van der Waals surface area (Å²) in [5, 5.41) is -0.0599. The second-order valence-electron chi connectivity index (χ2n) is 5.44. The highest BCUT2D eigenvalue weighted by molar-refractivity contribution is 7.99. The Labute approximate surface area is 130 Å². The molecule has 21 heavy (non-hydrogen) atoms. The van der Waals surface area contributed by atoms with Crippen LogP contribution in [0.4, 0.5) is 0 Å². The van der Waals surface area contributed by atoms with Crippen LogP contribution in [0, 0.1) is 5.92 Å². The average Bonchev–Trinajstić information content (AvgIpc) is 2.53. The maximum Gasteiger partial charge on any atom is 0.235 e. The van der Waals surface area contributed by atoms with Crippen LogP contribution in [0.25, 0.3) is 0 Å². The molecule has 1 aromatic rings. The van der Waals surface area contributed by atoms with Crippen LogP contribution in [0.1, 0.15) is 25.3 Å². The first-order valence-electron chi connectivity index (χ1n) is 7.31. The third-order valence-electron chi connectivity index (χ3n) is 3.90. The van der Waals surface area contributed by atoms with Gasteiger partial charge in [-0.1, -0.05) is 30.3 Å². The van der Waals surface area contributed by atoms with Crippen molar-refractivity contribution in [2.45, 2.75) is 30.8 Å². The number of benzene rings is 1. The van der Waals surface area contributed by atoms with Crippen molar-refractivity contribution in [3.05, 3.63) is 35.9 Å². The van der Waals surface area contributed by atoms with E-state index in [0.717, 1.165) is 5.75 Å². The smallest absolute Gasteiger partial charge is 0.235 e. The molecule has 0 bridgehead atoms. The summed E-state index contributed by atoms with van der Waals surface area (Å²) in [6.45, 7) is 3.24.